The first kappa shape index (κ1) is 22.7. The third-order valence-electron chi connectivity index (χ3n) is 6.61. The average Bonchev–Trinajstić information content (AvgIpc) is 3.25. The first-order valence-electron chi connectivity index (χ1n) is 11.8. The van der Waals surface area contributed by atoms with Gasteiger partial charge in [0.25, 0.3) is 0 Å². The predicted octanol–water partition coefficient (Wildman–Crippen LogP) is 7.25. The number of rotatable bonds is 7. The number of pyridine rings is 1. The number of fused-ring (bicyclic) bond motifs is 1. The van der Waals surface area contributed by atoms with E-state index in [9.17, 15) is 4.79 Å². The number of amides is 1. The quantitative estimate of drug-likeness (QED) is 0.383. The summed E-state index contributed by atoms with van der Waals surface area (Å²) in [6.07, 6.45) is 9.59. The van der Waals surface area contributed by atoms with Crippen molar-refractivity contribution in [3.8, 4) is 21.8 Å². The summed E-state index contributed by atoms with van der Waals surface area (Å²) in [5.74, 6) is 0.247. The van der Waals surface area contributed by atoms with Crippen molar-refractivity contribution in [2.75, 3.05) is 4.90 Å². The fraction of sp³-hybridized carbons (Fsp3) is 0.444. The molecule has 1 amide bonds. The molecular formula is C27H33N3OS. The van der Waals surface area contributed by atoms with Crippen molar-refractivity contribution in [2.45, 2.75) is 77.7 Å². The van der Waals surface area contributed by atoms with Crippen molar-refractivity contribution >= 4 is 22.9 Å². The summed E-state index contributed by atoms with van der Waals surface area (Å²) in [6, 6.07) is 10.8. The van der Waals surface area contributed by atoms with Crippen LogP contribution in [-0.2, 0) is 10.2 Å². The second-order valence-corrected chi connectivity index (χ2v) is 10.0. The van der Waals surface area contributed by atoms with E-state index in [4.69, 9.17) is 4.98 Å². The van der Waals surface area contributed by atoms with Crippen molar-refractivity contribution in [1.82, 2.24) is 9.97 Å². The molecule has 32 heavy (non-hydrogen) atoms. The van der Waals surface area contributed by atoms with Gasteiger partial charge in [0.05, 0.1) is 5.69 Å². The van der Waals surface area contributed by atoms with Crippen LogP contribution in [0, 0.1) is 0 Å². The molecule has 5 heteroatoms. The monoisotopic (exact) mass is 447 g/mol. The van der Waals surface area contributed by atoms with Gasteiger partial charge in [0.15, 0.2) is 0 Å². The maximum absolute atomic E-state index is 13.1. The summed E-state index contributed by atoms with van der Waals surface area (Å²) >= 11 is 1.66. The molecule has 0 bridgehead atoms. The Morgan fingerprint density at radius 1 is 1.06 bits per heavy atom. The van der Waals surface area contributed by atoms with E-state index in [1.165, 1.54) is 5.56 Å². The highest BCUT2D eigenvalue weighted by molar-refractivity contribution is 7.13. The first-order valence-corrected chi connectivity index (χ1v) is 12.7. The number of benzene rings is 1. The van der Waals surface area contributed by atoms with Gasteiger partial charge in [0.2, 0.25) is 5.91 Å². The Hall–Kier alpha value is -2.53. The number of carbonyl (C=O) groups is 1. The van der Waals surface area contributed by atoms with E-state index in [-0.39, 0.29) is 17.4 Å². The molecule has 0 radical (unpaired) electrons. The minimum absolute atomic E-state index is 0.0398. The lowest BCUT2D eigenvalue weighted by molar-refractivity contribution is -0.119. The summed E-state index contributed by atoms with van der Waals surface area (Å²) < 4.78 is 0. The van der Waals surface area contributed by atoms with Gasteiger partial charge in [-0.3, -0.25) is 9.78 Å². The highest BCUT2D eigenvalue weighted by Crippen LogP contribution is 2.47. The van der Waals surface area contributed by atoms with Gasteiger partial charge in [-0.25, -0.2) is 4.98 Å². The largest absolute Gasteiger partial charge is 0.310 e. The van der Waals surface area contributed by atoms with Gasteiger partial charge in [-0.2, -0.15) is 0 Å². The fourth-order valence-electron chi connectivity index (χ4n) is 5.27. The Balaban J connectivity index is 1.84. The van der Waals surface area contributed by atoms with Crippen molar-refractivity contribution < 1.29 is 4.79 Å². The fourth-order valence-corrected chi connectivity index (χ4v) is 6.10. The Bertz CT molecular complexity index is 1070. The molecule has 168 valence electrons. The van der Waals surface area contributed by atoms with Crippen LogP contribution in [0.3, 0.4) is 0 Å². The van der Waals surface area contributed by atoms with Crippen LogP contribution in [0.4, 0.5) is 5.69 Å². The lowest BCUT2D eigenvalue weighted by Gasteiger charge is -2.36. The molecule has 0 fully saturated rings. The van der Waals surface area contributed by atoms with Gasteiger partial charge < -0.3 is 4.90 Å². The SMILES string of the molecule is CCCC1(CCC)CCC(=O)N(C(C)C)c2ccc(-c3csc(-c4ccncc4)n3)cc21. The van der Waals surface area contributed by atoms with E-state index in [0.717, 1.165) is 59.6 Å². The van der Waals surface area contributed by atoms with Crippen LogP contribution in [0.5, 0.6) is 0 Å². The van der Waals surface area contributed by atoms with Crippen LogP contribution >= 0.6 is 11.3 Å². The highest BCUT2D eigenvalue weighted by Gasteiger charge is 2.39. The minimum Gasteiger partial charge on any atom is -0.310 e. The van der Waals surface area contributed by atoms with Crippen LogP contribution < -0.4 is 4.90 Å². The molecule has 1 aromatic carbocycles. The van der Waals surface area contributed by atoms with Crippen LogP contribution in [0.15, 0.2) is 48.1 Å². The number of carbonyl (C=O) groups excluding carboxylic acids is 1. The molecule has 0 spiro atoms. The van der Waals surface area contributed by atoms with Gasteiger partial charge >= 0.3 is 0 Å². The lowest BCUT2D eigenvalue weighted by atomic mass is 9.70. The zero-order chi connectivity index (χ0) is 22.7. The molecule has 4 rings (SSSR count). The summed E-state index contributed by atoms with van der Waals surface area (Å²) in [7, 11) is 0. The molecule has 3 aromatic rings. The Kier molecular flexibility index (Phi) is 6.75. The molecule has 0 saturated heterocycles. The summed E-state index contributed by atoms with van der Waals surface area (Å²) in [5, 5.41) is 3.14. The van der Waals surface area contributed by atoms with Gasteiger partial charge in [-0.05, 0) is 68.4 Å². The predicted molar refractivity (Wildman–Crippen MR) is 134 cm³/mol. The smallest absolute Gasteiger partial charge is 0.227 e. The van der Waals surface area contributed by atoms with Gasteiger partial charge in [0.1, 0.15) is 5.01 Å². The standard InChI is InChI=1S/C27H33N3OS/c1-5-12-27(13-6-2)14-9-25(31)30(19(3)4)24-8-7-21(17-22(24)27)23-18-32-26(29-23)20-10-15-28-16-11-20/h7-8,10-11,15-19H,5-6,9,12-14H2,1-4H3. The number of aromatic nitrogens is 2. The highest BCUT2D eigenvalue weighted by atomic mass is 32.1. The normalized spacial score (nSPS) is 15.7. The van der Waals surface area contributed by atoms with Crippen LogP contribution in [0.2, 0.25) is 0 Å². The molecular weight excluding hydrogens is 414 g/mol. The third kappa shape index (κ3) is 4.23. The number of hydrogen-bond donors (Lipinski definition) is 0. The summed E-state index contributed by atoms with van der Waals surface area (Å²) in [5.41, 5.74) is 5.69. The zero-order valence-corrected chi connectivity index (χ0v) is 20.4. The number of hydrogen-bond acceptors (Lipinski definition) is 4. The Morgan fingerprint density at radius 3 is 2.44 bits per heavy atom. The molecule has 1 aliphatic heterocycles. The topological polar surface area (TPSA) is 46.1 Å². The van der Waals surface area contributed by atoms with Gasteiger partial charge in [0, 0.05) is 47.1 Å². The molecule has 0 saturated carbocycles. The van der Waals surface area contributed by atoms with Gasteiger partial charge in [-0.1, -0.05) is 32.8 Å². The first-order chi connectivity index (χ1) is 15.5. The summed E-state index contributed by atoms with van der Waals surface area (Å²) in [4.78, 5) is 24.2. The molecule has 1 aliphatic rings. The maximum Gasteiger partial charge on any atom is 0.227 e. The Morgan fingerprint density at radius 2 is 1.78 bits per heavy atom. The molecule has 4 nitrogen and oxygen atoms in total. The van der Waals surface area contributed by atoms with Crippen molar-refractivity contribution in [1.29, 1.82) is 0 Å². The van der Waals surface area contributed by atoms with E-state index >= 15 is 0 Å². The van der Waals surface area contributed by atoms with Crippen molar-refractivity contribution in [3.63, 3.8) is 0 Å². The van der Waals surface area contributed by atoms with E-state index < -0.39 is 0 Å². The lowest BCUT2D eigenvalue weighted by Crippen LogP contribution is -2.36. The number of nitrogens with zero attached hydrogens (tertiary/aromatic N) is 3. The Labute approximate surface area is 195 Å². The van der Waals surface area contributed by atoms with E-state index in [1.54, 1.807) is 23.7 Å². The number of anilines is 1. The van der Waals surface area contributed by atoms with E-state index in [0.29, 0.717) is 6.42 Å². The molecule has 0 aliphatic carbocycles. The van der Waals surface area contributed by atoms with Crippen LogP contribution in [0.1, 0.15) is 71.8 Å². The third-order valence-corrected chi connectivity index (χ3v) is 7.51. The molecule has 0 N–H and O–H groups in total. The second kappa shape index (κ2) is 9.53. The number of thiazole rings is 1. The molecule has 3 heterocycles. The van der Waals surface area contributed by atoms with Crippen molar-refractivity contribution in [3.05, 3.63) is 53.7 Å². The molecule has 2 aromatic heterocycles. The zero-order valence-electron chi connectivity index (χ0n) is 19.6. The minimum atomic E-state index is 0.0398. The van der Waals surface area contributed by atoms with Crippen LogP contribution in [0.25, 0.3) is 21.8 Å². The van der Waals surface area contributed by atoms with Gasteiger partial charge in [-0.15, -0.1) is 11.3 Å². The van der Waals surface area contributed by atoms with Crippen LogP contribution in [-0.4, -0.2) is 21.9 Å². The maximum atomic E-state index is 13.1. The van der Waals surface area contributed by atoms with Crippen molar-refractivity contribution in [2.24, 2.45) is 0 Å². The summed E-state index contributed by atoms with van der Waals surface area (Å²) in [6.45, 7) is 8.75. The molecule has 0 atom stereocenters. The second-order valence-electron chi connectivity index (χ2n) is 9.14. The average molecular weight is 448 g/mol. The molecule has 0 unspecified atom stereocenters. The van der Waals surface area contributed by atoms with E-state index in [1.807, 2.05) is 17.0 Å². The van der Waals surface area contributed by atoms with E-state index in [2.05, 4.69) is 56.3 Å².